The van der Waals surface area contributed by atoms with Gasteiger partial charge in [-0.25, -0.2) is 8.42 Å². The third-order valence-corrected chi connectivity index (χ3v) is 6.69. The van der Waals surface area contributed by atoms with E-state index in [9.17, 15) is 13.2 Å². The number of Topliss-reactive ketones (excluding diaryl/α,β-unsaturated/α-hetero) is 1. The second kappa shape index (κ2) is 4.97. The minimum Gasteiger partial charge on any atom is -0.298 e. The molecule has 0 aromatic heterocycles. The second-order valence-electron chi connectivity index (χ2n) is 5.80. The van der Waals surface area contributed by atoms with Gasteiger partial charge < -0.3 is 0 Å². The highest BCUT2D eigenvalue weighted by atomic mass is 32.2. The normalized spacial score (nSPS) is 27.9. The molecule has 2 unspecified atom stereocenters. The highest BCUT2D eigenvalue weighted by Crippen LogP contribution is 2.32. The molecule has 2 aliphatic rings. The Balaban J connectivity index is 1.66. The molecule has 5 heteroatoms. The summed E-state index contributed by atoms with van der Waals surface area (Å²) < 4.78 is 23.4. The van der Waals surface area contributed by atoms with E-state index >= 15 is 0 Å². The van der Waals surface area contributed by atoms with Gasteiger partial charge >= 0.3 is 0 Å². The van der Waals surface area contributed by atoms with E-state index in [1.807, 2.05) is 24.3 Å². The summed E-state index contributed by atoms with van der Waals surface area (Å²) >= 11 is 0. The lowest BCUT2D eigenvalue weighted by molar-refractivity contribution is 0.101. The molecule has 4 nitrogen and oxygen atoms in total. The molecule has 0 N–H and O–H groups in total. The van der Waals surface area contributed by atoms with Crippen molar-refractivity contribution in [3.05, 3.63) is 35.4 Å². The van der Waals surface area contributed by atoms with Crippen molar-refractivity contribution in [1.29, 1.82) is 0 Å². The van der Waals surface area contributed by atoms with Crippen LogP contribution in [0.4, 0.5) is 0 Å². The van der Waals surface area contributed by atoms with Crippen LogP contribution in [0.25, 0.3) is 0 Å². The number of likely N-dealkylation sites (tertiary alicyclic amines) is 1. The predicted molar refractivity (Wildman–Crippen MR) is 77.7 cm³/mol. The summed E-state index contributed by atoms with van der Waals surface area (Å²) in [5.74, 6) is 0.401. The van der Waals surface area contributed by atoms with E-state index < -0.39 is 9.84 Å². The van der Waals surface area contributed by atoms with Gasteiger partial charge in [0.1, 0.15) is 0 Å². The molecule has 108 valence electrons. The molecule has 2 aliphatic heterocycles. The van der Waals surface area contributed by atoms with Crippen molar-refractivity contribution in [3.8, 4) is 0 Å². The van der Waals surface area contributed by atoms with Crippen LogP contribution in [0.3, 0.4) is 0 Å². The minimum absolute atomic E-state index is 0.0890. The number of carbonyl (C=O) groups excluding carboxylic acids is 1. The van der Waals surface area contributed by atoms with Gasteiger partial charge in [0.2, 0.25) is 0 Å². The lowest BCUT2D eigenvalue weighted by Crippen LogP contribution is -2.41. The number of hydrogen-bond acceptors (Lipinski definition) is 4. The van der Waals surface area contributed by atoms with Crippen LogP contribution in [0, 0.1) is 0 Å². The van der Waals surface area contributed by atoms with Gasteiger partial charge in [0, 0.05) is 24.7 Å². The number of hydrogen-bond donors (Lipinski definition) is 0. The van der Waals surface area contributed by atoms with E-state index in [4.69, 9.17) is 0 Å². The number of nitrogens with zero attached hydrogens (tertiary/aromatic N) is 1. The first-order valence-corrected chi connectivity index (χ1v) is 8.73. The van der Waals surface area contributed by atoms with Crippen molar-refractivity contribution >= 4 is 15.6 Å². The molecule has 0 saturated carbocycles. The number of benzene rings is 1. The first-order valence-electron chi connectivity index (χ1n) is 7.02. The van der Waals surface area contributed by atoms with Gasteiger partial charge in [0.05, 0.1) is 11.0 Å². The maximum absolute atomic E-state index is 11.7. The standard InChI is InChI=1S/C15H19NO3S/c1-11(17)15-5-3-2-4-12(15)6-7-16-9-14-8-13(16)10-20(14,18)19/h2-5,13-14H,6-10H2,1H3. The predicted octanol–water partition coefficient (Wildman–Crippen LogP) is 1.30. The molecule has 2 heterocycles. The summed E-state index contributed by atoms with van der Waals surface area (Å²) in [5, 5.41) is -0.157. The quantitative estimate of drug-likeness (QED) is 0.785. The van der Waals surface area contributed by atoms with E-state index in [1.165, 1.54) is 0 Å². The van der Waals surface area contributed by atoms with Gasteiger partial charge in [-0.2, -0.15) is 0 Å². The SMILES string of the molecule is CC(=O)c1ccccc1CCN1CC2CC1CS2(=O)=O. The Hall–Kier alpha value is -1.20. The Morgan fingerprint density at radius 2 is 2.10 bits per heavy atom. The summed E-state index contributed by atoms with van der Waals surface area (Å²) in [6.45, 7) is 3.08. The lowest BCUT2D eigenvalue weighted by atomic mass is 10.0. The highest BCUT2D eigenvalue weighted by molar-refractivity contribution is 7.92. The Morgan fingerprint density at radius 1 is 1.35 bits per heavy atom. The second-order valence-corrected chi connectivity index (χ2v) is 8.13. The number of sulfone groups is 1. The first kappa shape index (κ1) is 13.8. The number of carbonyl (C=O) groups is 1. The van der Waals surface area contributed by atoms with Crippen molar-refractivity contribution in [2.45, 2.75) is 31.1 Å². The Bertz CT molecular complexity index is 638. The Labute approximate surface area is 119 Å². The van der Waals surface area contributed by atoms with Crippen molar-refractivity contribution in [1.82, 2.24) is 4.90 Å². The summed E-state index contributed by atoms with van der Waals surface area (Å²) in [6, 6.07) is 7.86. The molecule has 0 aliphatic carbocycles. The van der Waals surface area contributed by atoms with Crippen LogP contribution in [0.5, 0.6) is 0 Å². The van der Waals surface area contributed by atoms with E-state index in [0.717, 1.165) is 30.5 Å². The van der Waals surface area contributed by atoms with E-state index in [-0.39, 0.29) is 17.1 Å². The van der Waals surface area contributed by atoms with E-state index in [1.54, 1.807) is 6.92 Å². The molecule has 2 saturated heterocycles. The third-order valence-electron chi connectivity index (χ3n) is 4.49. The van der Waals surface area contributed by atoms with Gasteiger partial charge in [0.25, 0.3) is 0 Å². The molecule has 0 radical (unpaired) electrons. The summed E-state index contributed by atoms with van der Waals surface area (Å²) in [6.07, 6.45) is 1.59. The Kier molecular flexibility index (Phi) is 3.42. The lowest BCUT2D eigenvalue weighted by Gasteiger charge is -2.26. The number of rotatable bonds is 4. The fourth-order valence-electron chi connectivity index (χ4n) is 3.40. The number of fused-ring (bicyclic) bond motifs is 2. The number of ketones is 1. The van der Waals surface area contributed by atoms with Crippen molar-refractivity contribution in [2.24, 2.45) is 0 Å². The monoisotopic (exact) mass is 293 g/mol. The largest absolute Gasteiger partial charge is 0.298 e. The minimum atomic E-state index is -2.82. The molecular formula is C15H19NO3S. The Morgan fingerprint density at radius 3 is 2.70 bits per heavy atom. The average Bonchev–Trinajstić information content (AvgIpc) is 2.92. The van der Waals surface area contributed by atoms with Crippen LogP contribution in [0.15, 0.2) is 24.3 Å². The van der Waals surface area contributed by atoms with Crippen LogP contribution in [-0.2, 0) is 16.3 Å². The van der Waals surface area contributed by atoms with Crippen molar-refractivity contribution in [3.63, 3.8) is 0 Å². The maximum atomic E-state index is 11.7. The summed E-state index contributed by atoms with van der Waals surface area (Å²) in [4.78, 5) is 13.8. The topological polar surface area (TPSA) is 54.5 Å². The van der Waals surface area contributed by atoms with Crippen LogP contribution in [0.2, 0.25) is 0 Å². The van der Waals surface area contributed by atoms with Crippen molar-refractivity contribution < 1.29 is 13.2 Å². The third kappa shape index (κ3) is 2.40. The molecule has 2 bridgehead atoms. The fourth-order valence-corrected chi connectivity index (χ4v) is 5.48. The maximum Gasteiger partial charge on any atom is 0.160 e. The van der Waals surface area contributed by atoms with Crippen LogP contribution < -0.4 is 0 Å². The molecule has 20 heavy (non-hydrogen) atoms. The van der Waals surface area contributed by atoms with Crippen LogP contribution in [-0.4, -0.2) is 49.2 Å². The zero-order valence-corrected chi connectivity index (χ0v) is 12.4. The summed E-state index contributed by atoms with van der Waals surface area (Å²) in [7, 11) is -2.82. The molecular weight excluding hydrogens is 274 g/mol. The van der Waals surface area contributed by atoms with Gasteiger partial charge in [-0.1, -0.05) is 24.3 Å². The van der Waals surface area contributed by atoms with E-state index in [2.05, 4.69) is 4.90 Å². The molecule has 2 fully saturated rings. The van der Waals surface area contributed by atoms with Gasteiger partial charge in [0.15, 0.2) is 15.6 Å². The van der Waals surface area contributed by atoms with Gasteiger partial charge in [-0.15, -0.1) is 0 Å². The highest BCUT2D eigenvalue weighted by Gasteiger charge is 2.47. The molecule has 2 atom stereocenters. The fraction of sp³-hybridized carbons (Fsp3) is 0.533. The van der Waals surface area contributed by atoms with Crippen LogP contribution in [0.1, 0.15) is 29.3 Å². The first-order chi connectivity index (χ1) is 9.47. The van der Waals surface area contributed by atoms with Gasteiger partial charge in [-0.3, -0.25) is 9.69 Å². The van der Waals surface area contributed by atoms with Crippen LogP contribution >= 0.6 is 0 Å². The molecule has 3 rings (SSSR count). The van der Waals surface area contributed by atoms with Crippen molar-refractivity contribution in [2.75, 3.05) is 18.8 Å². The molecule has 0 amide bonds. The molecule has 0 spiro atoms. The van der Waals surface area contributed by atoms with Gasteiger partial charge in [-0.05, 0) is 25.3 Å². The van der Waals surface area contributed by atoms with E-state index in [0.29, 0.717) is 12.3 Å². The average molecular weight is 293 g/mol. The molecule has 1 aromatic rings. The smallest absolute Gasteiger partial charge is 0.160 e. The molecule has 1 aromatic carbocycles. The zero-order chi connectivity index (χ0) is 14.3. The summed E-state index contributed by atoms with van der Waals surface area (Å²) in [5.41, 5.74) is 1.84. The zero-order valence-electron chi connectivity index (χ0n) is 11.6.